The van der Waals surface area contributed by atoms with Crippen molar-refractivity contribution in [2.24, 2.45) is 15.3 Å². The number of amides is 1. The summed E-state index contributed by atoms with van der Waals surface area (Å²) in [5, 5.41) is 22.4. The van der Waals surface area contributed by atoms with E-state index in [1.165, 1.54) is 36.5 Å². The normalized spacial score (nSPS) is 11.2. The van der Waals surface area contributed by atoms with Crippen molar-refractivity contribution in [1.82, 2.24) is 5.43 Å². The minimum Gasteiger partial charge on any atom is -0.507 e. The lowest BCUT2D eigenvalue weighted by Gasteiger charge is -2.02. The third-order valence-corrected chi connectivity index (χ3v) is 3.93. The maximum atomic E-state index is 12.9. The van der Waals surface area contributed by atoms with E-state index in [0.29, 0.717) is 22.0 Å². The molecule has 0 atom stereocenters. The first-order chi connectivity index (χ1) is 13.5. The van der Waals surface area contributed by atoms with Crippen molar-refractivity contribution >= 4 is 35.1 Å². The highest BCUT2D eigenvalue weighted by Gasteiger charge is 2.05. The second-order valence-electron chi connectivity index (χ2n) is 5.60. The van der Waals surface area contributed by atoms with Gasteiger partial charge in [0, 0.05) is 11.1 Å². The average Bonchev–Trinajstić information content (AvgIpc) is 2.70. The van der Waals surface area contributed by atoms with Crippen LogP contribution in [0.25, 0.3) is 0 Å². The Hall–Kier alpha value is -3.58. The number of hydrazone groups is 1. The van der Waals surface area contributed by atoms with E-state index in [1.807, 2.05) is 0 Å². The predicted molar refractivity (Wildman–Crippen MR) is 105 cm³/mol. The predicted octanol–water partition coefficient (Wildman–Crippen LogP) is 5.36. The molecule has 0 aromatic heterocycles. The van der Waals surface area contributed by atoms with E-state index < -0.39 is 11.7 Å². The molecule has 0 aliphatic carbocycles. The van der Waals surface area contributed by atoms with Gasteiger partial charge in [0.2, 0.25) is 0 Å². The van der Waals surface area contributed by atoms with Crippen molar-refractivity contribution in [2.75, 3.05) is 0 Å². The Labute approximate surface area is 165 Å². The second kappa shape index (κ2) is 8.88. The van der Waals surface area contributed by atoms with E-state index in [9.17, 15) is 14.3 Å². The standard InChI is InChI=1S/C20H14ClFN4O2/c21-17-3-1-2-4-18(17)25-24-16-9-10-19(27)14(11-16)12-23-26-20(28)13-5-7-15(22)8-6-13/h1-12,27H,(H,26,28)/b23-12-,25-24?. The monoisotopic (exact) mass is 396 g/mol. The minimum absolute atomic E-state index is 0.0449. The van der Waals surface area contributed by atoms with Gasteiger partial charge in [0.25, 0.3) is 5.91 Å². The maximum absolute atomic E-state index is 12.9. The Morgan fingerprint density at radius 2 is 1.79 bits per heavy atom. The third-order valence-electron chi connectivity index (χ3n) is 3.61. The van der Waals surface area contributed by atoms with Crippen LogP contribution in [-0.4, -0.2) is 17.2 Å². The van der Waals surface area contributed by atoms with Gasteiger partial charge in [-0.15, -0.1) is 5.11 Å². The summed E-state index contributed by atoms with van der Waals surface area (Å²) in [4.78, 5) is 11.9. The molecule has 0 aliphatic rings. The van der Waals surface area contributed by atoms with E-state index >= 15 is 0 Å². The van der Waals surface area contributed by atoms with Crippen molar-refractivity contribution in [1.29, 1.82) is 0 Å². The SMILES string of the molecule is O=C(N/N=C\c1cc(N=Nc2ccccc2Cl)ccc1O)c1ccc(F)cc1. The number of halogens is 2. The van der Waals surface area contributed by atoms with E-state index in [-0.39, 0.29) is 11.3 Å². The fourth-order valence-corrected chi connectivity index (χ4v) is 2.35. The zero-order chi connectivity index (χ0) is 19.9. The van der Waals surface area contributed by atoms with Crippen LogP contribution in [-0.2, 0) is 0 Å². The summed E-state index contributed by atoms with van der Waals surface area (Å²) in [6.07, 6.45) is 1.27. The van der Waals surface area contributed by atoms with Crippen molar-refractivity contribution in [3.05, 3.63) is 88.7 Å². The van der Waals surface area contributed by atoms with E-state index in [4.69, 9.17) is 11.6 Å². The molecule has 0 unspecified atom stereocenters. The van der Waals surface area contributed by atoms with Gasteiger partial charge in [0.05, 0.1) is 16.9 Å². The Kier molecular flexibility index (Phi) is 6.08. The molecule has 140 valence electrons. The molecule has 0 heterocycles. The van der Waals surface area contributed by atoms with Crippen LogP contribution in [0.5, 0.6) is 5.75 Å². The van der Waals surface area contributed by atoms with Gasteiger partial charge >= 0.3 is 0 Å². The number of carbonyl (C=O) groups is 1. The number of hydrogen-bond donors (Lipinski definition) is 2. The summed E-state index contributed by atoms with van der Waals surface area (Å²) in [6, 6.07) is 16.6. The van der Waals surface area contributed by atoms with E-state index in [1.54, 1.807) is 36.4 Å². The molecule has 28 heavy (non-hydrogen) atoms. The van der Waals surface area contributed by atoms with Crippen LogP contribution in [0.1, 0.15) is 15.9 Å². The average molecular weight is 397 g/mol. The van der Waals surface area contributed by atoms with E-state index in [2.05, 4.69) is 20.8 Å². The van der Waals surface area contributed by atoms with Crippen LogP contribution in [0.3, 0.4) is 0 Å². The molecule has 0 bridgehead atoms. The number of rotatable bonds is 5. The fraction of sp³-hybridized carbons (Fsp3) is 0. The summed E-state index contributed by atoms with van der Waals surface area (Å²) < 4.78 is 12.9. The van der Waals surface area contributed by atoms with Crippen molar-refractivity contribution in [2.45, 2.75) is 0 Å². The smallest absolute Gasteiger partial charge is 0.271 e. The largest absolute Gasteiger partial charge is 0.507 e. The summed E-state index contributed by atoms with van der Waals surface area (Å²) in [6.45, 7) is 0. The first kappa shape index (κ1) is 19.2. The molecular formula is C20H14ClFN4O2. The second-order valence-corrected chi connectivity index (χ2v) is 6.01. The van der Waals surface area contributed by atoms with Gasteiger partial charge in [-0.1, -0.05) is 23.7 Å². The fourth-order valence-electron chi connectivity index (χ4n) is 2.18. The lowest BCUT2D eigenvalue weighted by Crippen LogP contribution is -2.17. The molecule has 0 saturated carbocycles. The number of azo groups is 1. The topological polar surface area (TPSA) is 86.4 Å². The quantitative estimate of drug-likeness (QED) is 0.345. The number of hydrogen-bond acceptors (Lipinski definition) is 5. The molecule has 3 aromatic carbocycles. The van der Waals surface area contributed by atoms with Gasteiger partial charge in [-0.2, -0.15) is 10.2 Å². The molecule has 3 aromatic rings. The van der Waals surface area contributed by atoms with Crippen LogP contribution < -0.4 is 5.43 Å². The Morgan fingerprint density at radius 1 is 1.04 bits per heavy atom. The number of carbonyl (C=O) groups excluding carboxylic acids is 1. The highest BCUT2D eigenvalue weighted by atomic mass is 35.5. The zero-order valence-corrected chi connectivity index (χ0v) is 15.1. The molecule has 0 saturated heterocycles. The molecule has 2 N–H and O–H groups in total. The van der Waals surface area contributed by atoms with Gasteiger partial charge in [0.15, 0.2) is 0 Å². The van der Waals surface area contributed by atoms with Crippen LogP contribution in [0.2, 0.25) is 5.02 Å². The lowest BCUT2D eigenvalue weighted by atomic mass is 10.2. The molecule has 1 amide bonds. The number of benzene rings is 3. The highest BCUT2D eigenvalue weighted by Crippen LogP contribution is 2.27. The first-order valence-corrected chi connectivity index (χ1v) is 8.49. The Bertz CT molecular complexity index is 1050. The molecule has 0 fully saturated rings. The number of phenolic OH excluding ortho intramolecular Hbond substituents is 1. The van der Waals surface area contributed by atoms with Crippen LogP contribution in [0.4, 0.5) is 15.8 Å². The third kappa shape index (κ3) is 4.99. The number of aromatic hydroxyl groups is 1. The van der Waals surface area contributed by atoms with Crippen LogP contribution in [0.15, 0.2) is 82.1 Å². The maximum Gasteiger partial charge on any atom is 0.271 e. The summed E-state index contributed by atoms with van der Waals surface area (Å²) in [5.41, 5.74) is 3.86. The highest BCUT2D eigenvalue weighted by molar-refractivity contribution is 6.32. The van der Waals surface area contributed by atoms with Crippen molar-refractivity contribution < 1.29 is 14.3 Å². The number of nitrogens with zero attached hydrogens (tertiary/aromatic N) is 3. The van der Waals surface area contributed by atoms with E-state index in [0.717, 1.165) is 0 Å². The Balaban J connectivity index is 1.71. The molecule has 3 rings (SSSR count). The molecule has 0 radical (unpaired) electrons. The van der Waals surface area contributed by atoms with Crippen molar-refractivity contribution in [3.63, 3.8) is 0 Å². The van der Waals surface area contributed by atoms with Gasteiger partial charge < -0.3 is 5.11 Å². The van der Waals surface area contributed by atoms with Crippen LogP contribution in [0, 0.1) is 5.82 Å². The van der Waals surface area contributed by atoms with Gasteiger partial charge in [-0.05, 0) is 54.6 Å². The van der Waals surface area contributed by atoms with Gasteiger partial charge in [-0.3, -0.25) is 4.79 Å². The number of phenols is 1. The van der Waals surface area contributed by atoms with Gasteiger partial charge in [-0.25, -0.2) is 9.82 Å². The van der Waals surface area contributed by atoms with Gasteiger partial charge in [0.1, 0.15) is 17.3 Å². The van der Waals surface area contributed by atoms with Crippen molar-refractivity contribution in [3.8, 4) is 5.75 Å². The zero-order valence-electron chi connectivity index (χ0n) is 14.4. The molecule has 0 spiro atoms. The molecule has 6 nitrogen and oxygen atoms in total. The minimum atomic E-state index is -0.509. The molecule has 8 heteroatoms. The molecule has 0 aliphatic heterocycles. The Morgan fingerprint density at radius 3 is 2.54 bits per heavy atom. The lowest BCUT2D eigenvalue weighted by molar-refractivity contribution is 0.0955. The first-order valence-electron chi connectivity index (χ1n) is 8.11. The summed E-state index contributed by atoms with van der Waals surface area (Å²) in [7, 11) is 0. The van der Waals surface area contributed by atoms with Crippen LogP contribution >= 0.6 is 11.6 Å². The summed E-state index contributed by atoms with van der Waals surface area (Å²) in [5.74, 6) is -0.991. The molecular weight excluding hydrogens is 383 g/mol. The summed E-state index contributed by atoms with van der Waals surface area (Å²) >= 11 is 6.03. The number of nitrogens with one attached hydrogen (secondary N) is 1.